The quantitative estimate of drug-likeness (QED) is 0.747. The van der Waals surface area contributed by atoms with Crippen molar-refractivity contribution >= 4 is 5.78 Å². The van der Waals surface area contributed by atoms with E-state index in [1.807, 2.05) is 0 Å². The van der Waals surface area contributed by atoms with Gasteiger partial charge in [-0.25, -0.2) is 8.78 Å². The number of carbonyl (C=O) groups is 1. The highest BCUT2D eigenvalue weighted by Crippen LogP contribution is 2.23. The fourth-order valence-corrected chi connectivity index (χ4v) is 1.25. The Morgan fingerprint density at radius 2 is 1.86 bits per heavy atom. The van der Waals surface area contributed by atoms with Gasteiger partial charge in [-0.1, -0.05) is 6.07 Å². The second-order valence-corrected chi connectivity index (χ2v) is 2.86. The summed E-state index contributed by atoms with van der Waals surface area (Å²) in [6, 6.07) is 3.42. The standard InChI is InChI=1S/C10H10F2O2/c1-6(13)10(14-2)9-7(11)4-3-5-8(9)12/h3-5,10H,1-2H3. The van der Waals surface area contributed by atoms with Crippen molar-refractivity contribution in [2.75, 3.05) is 7.11 Å². The van der Waals surface area contributed by atoms with Crippen LogP contribution in [0.1, 0.15) is 18.6 Å². The molecule has 0 amide bonds. The Morgan fingerprint density at radius 1 is 1.36 bits per heavy atom. The van der Waals surface area contributed by atoms with Crippen molar-refractivity contribution < 1.29 is 18.3 Å². The van der Waals surface area contributed by atoms with Crippen molar-refractivity contribution in [3.8, 4) is 0 Å². The van der Waals surface area contributed by atoms with Gasteiger partial charge in [0, 0.05) is 7.11 Å². The zero-order valence-corrected chi connectivity index (χ0v) is 7.88. The molecule has 0 aliphatic rings. The lowest BCUT2D eigenvalue weighted by Crippen LogP contribution is -2.14. The molecule has 14 heavy (non-hydrogen) atoms. The summed E-state index contributed by atoms with van der Waals surface area (Å²) in [5, 5.41) is 0. The Labute approximate surface area is 80.5 Å². The molecule has 1 rings (SSSR count). The highest BCUT2D eigenvalue weighted by Gasteiger charge is 2.23. The maximum Gasteiger partial charge on any atom is 0.163 e. The number of hydrogen-bond donors (Lipinski definition) is 0. The lowest BCUT2D eigenvalue weighted by atomic mass is 10.1. The molecule has 0 aromatic heterocycles. The largest absolute Gasteiger partial charge is 0.369 e. The highest BCUT2D eigenvalue weighted by molar-refractivity contribution is 5.82. The summed E-state index contributed by atoms with van der Waals surface area (Å²) in [6.45, 7) is 1.22. The zero-order chi connectivity index (χ0) is 10.7. The lowest BCUT2D eigenvalue weighted by Gasteiger charge is -2.13. The number of ether oxygens (including phenoxy) is 1. The molecule has 0 aliphatic carbocycles. The van der Waals surface area contributed by atoms with Gasteiger partial charge in [0.2, 0.25) is 0 Å². The van der Waals surface area contributed by atoms with E-state index in [2.05, 4.69) is 0 Å². The van der Waals surface area contributed by atoms with E-state index < -0.39 is 23.5 Å². The van der Waals surface area contributed by atoms with Gasteiger partial charge in [0.1, 0.15) is 17.7 Å². The van der Waals surface area contributed by atoms with Gasteiger partial charge in [0.15, 0.2) is 5.78 Å². The molecule has 2 nitrogen and oxygen atoms in total. The van der Waals surface area contributed by atoms with Crippen molar-refractivity contribution in [1.82, 2.24) is 0 Å². The van der Waals surface area contributed by atoms with E-state index in [1.165, 1.54) is 20.1 Å². The topological polar surface area (TPSA) is 26.3 Å². The van der Waals surface area contributed by atoms with Crippen molar-refractivity contribution in [3.63, 3.8) is 0 Å². The van der Waals surface area contributed by atoms with Crippen LogP contribution in [0.2, 0.25) is 0 Å². The fraction of sp³-hybridized carbons (Fsp3) is 0.300. The number of rotatable bonds is 3. The molecule has 0 bridgehead atoms. The van der Waals surface area contributed by atoms with Crippen LogP contribution < -0.4 is 0 Å². The van der Waals surface area contributed by atoms with Crippen LogP contribution in [0.15, 0.2) is 18.2 Å². The molecule has 0 heterocycles. The van der Waals surface area contributed by atoms with Crippen molar-refractivity contribution in [2.24, 2.45) is 0 Å². The van der Waals surface area contributed by atoms with Gasteiger partial charge in [-0.15, -0.1) is 0 Å². The number of Topliss-reactive ketones (excluding diaryl/α,β-unsaturated/α-hetero) is 1. The van der Waals surface area contributed by atoms with Gasteiger partial charge in [0.25, 0.3) is 0 Å². The Kier molecular flexibility index (Phi) is 3.30. The van der Waals surface area contributed by atoms with E-state index in [1.54, 1.807) is 0 Å². The van der Waals surface area contributed by atoms with Crippen LogP contribution in [-0.2, 0) is 9.53 Å². The fourth-order valence-electron chi connectivity index (χ4n) is 1.25. The number of carbonyl (C=O) groups excluding carboxylic acids is 1. The van der Waals surface area contributed by atoms with Gasteiger partial charge in [-0.2, -0.15) is 0 Å². The summed E-state index contributed by atoms with van der Waals surface area (Å²) < 4.78 is 31.1. The SMILES string of the molecule is COC(C(C)=O)c1c(F)cccc1F. The Hall–Kier alpha value is -1.29. The van der Waals surface area contributed by atoms with E-state index in [0.29, 0.717) is 0 Å². The maximum absolute atomic E-state index is 13.2. The summed E-state index contributed by atoms with van der Waals surface area (Å²) in [5.74, 6) is -1.98. The normalized spacial score (nSPS) is 12.6. The number of halogens is 2. The number of hydrogen-bond acceptors (Lipinski definition) is 2. The van der Waals surface area contributed by atoms with Crippen LogP contribution in [0.25, 0.3) is 0 Å². The lowest BCUT2D eigenvalue weighted by molar-refractivity contribution is -0.127. The second kappa shape index (κ2) is 4.28. The second-order valence-electron chi connectivity index (χ2n) is 2.86. The monoisotopic (exact) mass is 200 g/mol. The molecule has 0 saturated carbocycles. The molecule has 0 saturated heterocycles. The molecule has 1 aromatic rings. The Balaban J connectivity index is 3.22. The van der Waals surface area contributed by atoms with E-state index in [9.17, 15) is 13.6 Å². The zero-order valence-electron chi connectivity index (χ0n) is 7.88. The van der Waals surface area contributed by atoms with E-state index >= 15 is 0 Å². The Morgan fingerprint density at radius 3 is 2.21 bits per heavy atom. The molecule has 1 atom stereocenters. The summed E-state index contributed by atoms with van der Waals surface area (Å²) in [6.07, 6.45) is -1.17. The van der Waals surface area contributed by atoms with Crippen LogP contribution in [0.5, 0.6) is 0 Å². The summed E-state index contributed by atoms with van der Waals surface area (Å²) in [4.78, 5) is 11.0. The summed E-state index contributed by atoms with van der Waals surface area (Å²) in [5.41, 5.74) is -0.331. The molecule has 0 fully saturated rings. The number of ketones is 1. The van der Waals surface area contributed by atoms with Gasteiger partial charge < -0.3 is 4.74 Å². The minimum absolute atomic E-state index is 0.331. The van der Waals surface area contributed by atoms with Gasteiger partial charge in [0.05, 0.1) is 5.56 Å². The van der Waals surface area contributed by atoms with Crippen LogP contribution in [0, 0.1) is 11.6 Å². The first-order valence-corrected chi connectivity index (χ1v) is 4.05. The van der Waals surface area contributed by atoms with Gasteiger partial charge in [-0.05, 0) is 19.1 Å². The summed E-state index contributed by atoms with van der Waals surface area (Å²) >= 11 is 0. The third-order valence-electron chi connectivity index (χ3n) is 1.87. The van der Waals surface area contributed by atoms with Crippen molar-refractivity contribution in [1.29, 1.82) is 0 Å². The van der Waals surface area contributed by atoms with Crippen LogP contribution in [0.3, 0.4) is 0 Å². The van der Waals surface area contributed by atoms with Gasteiger partial charge in [-0.3, -0.25) is 4.79 Å². The molecular formula is C10H10F2O2. The molecule has 0 spiro atoms. The molecule has 0 aliphatic heterocycles. The van der Waals surface area contributed by atoms with Crippen LogP contribution >= 0.6 is 0 Å². The number of methoxy groups -OCH3 is 1. The third-order valence-corrected chi connectivity index (χ3v) is 1.87. The first kappa shape index (κ1) is 10.8. The van der Waals surface area contributed by atoms with Crippen molar-refractivity contribution in [2.45, 2.75) is 13.0 Å². The van der Waals surface area contributed by atoms with Crippen LogP contribution in [-0.4, -0.2) is 12.9 Å². The van der Waals surface area contributed by atoms with E-state index in [-0.39, 0.29) is 5.56 Å². The smallest absolute Gasteiger partial charge is 0.163 e. The predicted molar refractivity (Wildman–Crippen MR) is 46.8 cm³/mol. The molecule has 0 N–H and O–H groups in total. The molecule has 1 unspecified atom stereocenters. The van der Waals surface area contributed by atoms with Gasteiger partial charge >= 0.3 is 0 Å². The van der Waals surface area contributed by atoms with Crippen molar-refractivity contribution in [3.05, 3.63) is 35.4 Å². The first-order valence-electron chi connectivity index (χ1n) is 4.05. The molecule has 4 heteroatoms. The first-order chi connectivity index (χ1) is 6.57. The highest BCUT2D eigenvalue weighted by atomic mass is 19.1. The molecule has 76 valence electrons. The molecule has 0 radical (unpaired) electrons. The van der Waals surface area contributed by atoms with E-state index in [4.69, 9.17) is 4.74 Å². The minimum Gasteiger partial charge on any atom is -0.369 e. The average molecular weight is 200 g/mol. The average Bonchev–Trinajstić information content (AvgIpc) is 2.10. The Bertz CT molecular complexity index is 330. The number of benzene rings is 1. The summed E-state index contributed by atoms with van der Waals surface area (Å²) in [7, 11) is 1.23. The predicted octanol–water partition coefficient (Wildman–Crippen LogP) is 2.24. The van der Waals surface area contributed by atoms with E-state index in [0.717, 1.165) is 12.1 Å². The third kappa shape index (κ3) is 1.96. The maximum atomic E-state index is 13.2. The molecular weight excluding hydrogens is 190 g/mol. The minimum atomic E-state index is -1.17. The van der Waals surface area contributed by atoms with Crippen LogP contribution in [0.4, 0.5) is 8.78 Å². The molecule has 1 aromatic carbocycles.